The molecule has 0 aliphatic rings. The average molecular weight is 326 g/mol. The molecule has 0 unspecified atom stereocenters. The van der Waals surface area contributed by atoms with Gasteiger partial charge in [0.05, 0.1) is 17.0 Å². The molecule has 0 aliphatic heterocycles. The maximum atomic E-state index is 12.6. The van der Waals surface area contributed by atoms with E-state index in [0.29, 0.717) is 22.1 Å². The van der Waals surface area contributed by atoms with Gasteiger partial charge in [-0.05, 0) is 18.6 Å². The van der Waals surface area contributed by atoms with Crippen LogP contribution in [-0.4, -0.2) is 14.6 Å². The Kier molecular flexibility index (Phi) is 3.56. The van der Waals surface area contributed by atoms with Crippen LogP contribution in [0.25, 0.3) is 16.9 Å². The molecule has 114 valence electrons. The summed E-state index contributed by atoms with van der Waals surface area (Å²) in [5.74, 6) is 0. The Labute approximate surface area is 129 Å². The first-order valence-electron chi connectivity index (χ1n) is 6.61. The van der Waals surface area contributed by atoms with Gasteiger partial charge in [0.25, 0.3) is 0 Å². The van der Waals surface area contributed by atoms with E-state index >= 15 is 0 Å². The number of hydrogen-bond donors (Lipinski definition) is 0. The zero-order valence-corrected chi connectivity index (χ0v) is 12.3. The number of halogens is 4. The van der Waals surface area contributed by atoms with E-state index in [1.165, 1.54) is 16.6 Å². The van der Waals surface area contributed by atoms with E-state index in [-0.39, 0.29) is 0 Å². The van der Waals surface area contributed by atoms with Crippen molar-refractivity contribution in [3.8, 4) is 11.3 Å². The van der Waals surface area contributed by atoms with Gasteiger partial charge in [-0.1, -0.05) is 30.7 Å². The Bertz CT molecular complexity index is 822. The molecule has 3 nitrogen and oxygen atoms in total. The smallest absolute Gasteiger partial charge is 0.228 e. The lowest BCUT2D eigenvalue weighted by Crippen LogP contribution is -2.04. The summed E-state index contributed by atoms with van der Waals surface area (Å²) in [4.78, 5) is 4.40. The van der Waals surface area contributed by atoms with Gasteiger partial charge in [0, 0.05) is 17.7 Å². The number of rotatable bonds is 2. The fraction of sp³-hybridized carbons (Fsp3) is 0.200. The first-order valence-corrected chi connectivity index (χ1v) is 6.99. The summed E-state index contributed by atoms with van der Waals surface area (Å²) in [5, 5.41) is 4.65. The molecule has 0 spiro atoms. The van der Waals surface area contributed by atoms with E-state index in [9.17, 15) is 13.2 Å². The largest absolute Gasteiger partial charge is 0.416 e. The van der Waals surface area contributed by atoms with E-state index in [0.717, 1.165) is 24.2 Å². The van der Waals surface area contributed by atoms with Gasteiger partial charge in [0.1, 0.15) is 5.15 Å². The van der Waals surface area contributed by atoms with Gasteiger partial charge in [-0.25, -0.2) is 9.50 Å². The molecule has 2 aromatic heterocycles. The summed E-state index contributed by atoms with van der Waals surface area (Å²) < 4.78 is 39.3. The first kappa shape index (κ1) is 14.8. The predicted molar refractivity (Wildman–Crippen MR) is 77.8 cm³/mol. The number of alkyl halides is 3. The van der Waals surface area contributed by atoms with Crippen LogP contribution in [0.5, 0.6) is 0 Å². The lowest BCUT2D eigenvalue weighted by atomic mass is 10.1. The Balaban J connectivity index is 2.06. The molecule has 2 heterocycles. The molecule has 3 aromatic rings. The molecule has 0 N–H and O–H groups in total. The van der Waals surface area contributed by atoms with Gasteiger partial charge in [-0.2, -0.15) is 18.3 Å². The van der Waals surface area contributed by atoms with Gasteiger partial charge >= 0.3 is 6.18 Å². The second-order valence-electron chi connectivity index (χ2n) is 4.80. The van der Waals surface area contributed by atoms with Crippen LogP contribution in [0, 0.1) is 0 Å². The van der Waals surface area contributed by atoms with Gasteiger partial charge < -0.3 is 0 Å². The van der Waals surface area contributed by atoms with Gasteiger partial charge in [-0.3, -0.25) is 0 Å². The van der Waals surface area contributed by atoms with E-state index in [1.807, 2.05) is 6.92 Å². The molecule has 0 fully saturated rings. The molecule has 0 saturated carbocycles. The van der Waals surface area contributed by atoms with Crippen LogP contribution in [0.4, 0.5) is 13.2 Å². The monoisotopic (exact) mass is 325 g/mol. The molecule has 22 heavy (non-hydrogen) atoms. The van der Waals surface area contributed by atoms with Crippen molar-refractivity contribution in [3.05, 3.63) is 52.8 Å². The fourth-order valence-corrected chi connectivity index (χ4v) is 2.36. The zero-order valence-electron chi connectivity index (χ0n) is 11.5. The van der Waals surface area contributed by atoms with Crippen molar-refractivity contribution in [1.82, 2.24) is 14.6 Å². The molecule has 1 aromatic carbocycles. The molecule has 0 aliphatic carbocycles. The zero-order chi connectivity index (χ0) is 15.9. The molecule has 3 rings (SSSR count). The van der Waals surface area contributed by atoms with Crippen LogP contribution in [0.2, 0.25) is 5.15 Å². The van der Waals surface area contributed by atoms with Crippen LogP contribution in [0.3, 0.4) is 0 Å². The van der Waals surface area contributed by atoms with Crippen LogP contribution >= 0.6 is 11.6 Å². The maximum Gasteiger partial charge on any atom is 0.416 e. The molecule has 0 saturated heterocycles. The number of aryl methyl sites for hydroxylation is 1. The molecule has 7 heteroatoms. The van der Waals surface area contributed by atoms with E-state index < -0.39 is 11.7 Å². The van der Waals surface area contributed by atoms with Crippen molar-refractivity contribution < 1.29 is 13.2 Å². The second kappa shape index (κ2) is 5.28. The third-order valence-corrected chi connectivity index (χ3v) is 3.57. The standard InChI is InChI=1S/C15H11ClF3N3/c1-2-11-7-14-20-12(8-13(16)22(14)21-11)9-3-5-10(6-4-9)15(17,18)19/h3-8H,2H2,1H3. The highest BCUT2D eigenvalue weighted by atomic mass is 35.5. The van der Waals surface area contributed by atoms with Crippen LogP contribution in [0.15, 0.2) is 36.4 Å². The molecular formula is C15H11ClF3N3. The normalized spacial score (nSPS) is 12.0. The summed E-state index contributed by atoms with van der Waals surface area (Å²) >= 11 is 6.17. The lowest BCUT2D eigenvalue weighted by molar-refractivity contribution is -0.137. The SMILES string of the molecule is CCc1cc2nc(-c3ccc(C(F)(F)F)cc3)cc(Cl)n2n1. The highest BCUT2D eigenvalue weighted by Gasteiger charge is 2.30. The minimum Gasteiger partial charge on any atom is -0.228 e. The van der Waals surface area contributed by atoms with Gasteiger partial charge in [0.2, 0.25) is 0 Å². The first-order chi connectivity index (χ1) is 10.4. The van der Waals surface area contributed by atoms with Crippen molar-refractivity contribution in [2.24, 2.45) is 0 Å². The number of nitrogens with zero attached hydrogens (tertiary/aromatic N) is 3. The lowest BCUT2D eigenvalue weighted by Gasteiger charge is -2.08. The van der Waals surface area contributed by atoms with E-state index in [4.69, 9.17) is 11.6 Å². The van der Waals surface area contributed by atoms with E-state index in [1.54, 1.807) is 12.1 Å². The molecule has 0 bridgehead atoms. The van der Waals surface area contributed by atoms with Gasteiger partial charge in [0.15, 0.2) is 5.65 Å². The molecule has 0 amide bonds. The van der Waals surface area contributed by atoms with Crippen molar-refractivity contribution in [2.45, 2.75) is 19.5 Å². The maximum absolute atomic E-state index is 12.6. The topological polar surface area (TPSA) is 30.2 Å². The molecule has 0 atom stereocenters. The van der Waals surface area contributed by atoms with E-state index in [2.05, 4.69) is 10.1 Å². The highest BCUT2D eigenvalue weighted by molar-refractivity contribution is 6.30. The number of hydrogen-bond acceptors (Lipinski definition) is 2. The average Bonchev–Trinajstić information content (AvgIpc) is 2.90. The molecule has 0 radical (unpaired) electrons. The molecular weight excluding hydrogens is 315 g/mol. The fourth-order valence-electron chi connectivity index (χ4n) is 2.14. The predicted octanol–water partition coefficient (Wildman–Crippen LogP) is 4.63. The van der Waals surface area contributed by atoms with Gasteiger partial charge in [-0.15, -0.1) is 0 Å². The summed E-state index contributed by atoms with van der Waals surface area (Å²) in [6, 6.07) is 8.22. The third kappa shape index (κ3) is 2.66. The quantitative estimate of drug-likeness (QED) is 0.643. The van der Waals surface area contributed by atoms with Crippen molar-refractivity contribution in [1.29, 1.82) is 0 Å². The van der Waals surface area contributed by atoms with Crippen molar-refractivity contribution >= 4 is 17.2 Å². The Hall–Kier alpha value is -2.08. The van der Waals surface area contributed by atoms with Crippen LogP contribution in [-0.2, 0) is 12.6 Å². The highest BCUT2D eigenvalue weighted by Crippen LogP contribution is 2.31. The summed E-state index contributed by atoms with van der Waals surface area (Å²) in [5.41, 5.74) is 1.80. The number of fused-ring (bicyclic) bond motifs is 1. The second-order valence-corrected chi connectivity index (χ2v) is 5.19. The van der Waals surface area contributed by atoms with Crippen LogP contribution in [0.1, 0.15) is 18.2 Å². The number of aromatic nitrogens is 3. The third-order valence-electron chi connectivity index (χ3n) is 3.30. The van der Waals surface area contributed by atoms with Crippen LogP contribution < -0.4 is 0 Å². The Morgan fingerprint density at radius 2 is 1.82 bits per heavy atom. The Morgan fingerprint density at radius 3 is 2.41 bits per heavy atom. The minimum atomic E-state index is -4.35. The summed E-state index contributed by atoms with van der Waals surface area (Å²) in [6.07, 6.45) is -3.61. The Morgan fingerprint density at radius 1 is 1.14 bits per heavy atom. The number of benzene rings is 1. The summed E-state index contributed by atoms with van der Waals surface area (Å²) in [6.45, 7) is 1.96. The summed E-state index contributed by atoms with van der Waals surface area (Å²) in [7, 11) is 0. The minimum absolute atomic E-state index is 0.361. The van der Waals surface area contributed by atoms with Crippen molar-refractivity contribution in [2.75, 3.05) is 0 Å². The van der Waals surface area contributed by atoms with Crippen molar-refractivity contribution in [3.63, 3.8) is 0 Å².